The Morgan fingerprint density at radius 3 is 2.86 bits per heavy atom. The molecule has 2 rings (SSSR count). The summed E-state index contributed by atoms with van der Waals surface area (Å²) in [5.41, 5.74) is 5.32. The minimum Gasteiger partial charge on any atom is -0.507 e. The van der Waals surface area contributed by atoms with E-state index in [9.17, 15) is 9.90 Å². The second-order valence-corrected chi connectivity index (χ2v) is 3.88. The summed E-state index contributed by atoms with van der Waals surface area (Å²) >= 11 is 1.96. The number of aromatic hydroxyl groups is 1. The summed E-state index contributed by atoms with van der Waals surface area (Å²) in [6.45, 7) is 0. The van der Waals surface area contributed by atoms with E-state index in [-0.39, 0.29) is 11.4 Å². The highest BCUT2D eigenvalue weighted by Gasteiger charge is 2.07. The molecule has 0 radical (unpaired) electrons. The molecule has 0 amide bonds. The average molecular weight is 303 g/mol. The van der Waals surface area contributed by atoms with E-state index < -0.39 is 5.63 Å². The number of rotatable bonds is 0. The number of hydrogen-bond donors (Lipinski definition) is 2. The molecule has 1 aromatic carbocycles. The molecule has 0 aliphatic heterocycles. The molecular formula is C9H6INO3. The number of nitrogens with two attached hydrogens (primary N) is 1. The van der Waals surface area contributed by atoms with Crippen LogP contribution in [0.3, 0.4) is 0 Å². The first-order chi connectivity index (χ1) is 6.59. The third-order valence-electron chi connectivity index (χ3n) is 1.86. The Bertz CT molecular complexity index is 562. The molecule has 0 saturated heterocycles. The molecule has 2 aromatic rings. The lowest BCUT2D eigenvalue weighted by Crippen LogP contribution is -2.05. The van der Waals surface area contributed by atoms with Gasteiger partial charge in [-0.3, -0.25) is 0 Å². The minimum absolute atomic E-state index is 0.0426. The number of halogens is 1. The molecular weight excluding hydrogens is 297 g/mol. The largest absolute Gasteiger partial charge is 0.507 e. The molecule has 0 aliphatic carbocycles. The van der Waals surface area contributed by atoms with Gasteiger partial charge in [-0.2, -0.15) is 0 Å². The van der Waals surface area contributed by atoms with Crippen molar-refractivity contribution in [2.24, 2.45) is 0 Å². The Hall–Kier alpha value is -1.24. The maximum Gasteiger partial charge on any atom is 0.359 e. The van der Waals surface area contributed by atoms with Gasteiger partial charge in [0.1, 0.15) is 17.0 Å². The van der Waals surface area contributed by atoms with Crippen molar-refractivity contribution in [1.29, 1.82) is 0 Å². The minimum atomic E-state index is -0.556. The van der Waals surface area contributed by atoms with Gasteiger partial charge in [0.15, 0.2) is 0 Å². The summed E-state index contributed by atoms with van der Waals surface area (Å²) in [4.78, 5) is 11.1. The number of phenols is 1. The molecule has 3 N–H and O–H groups in total. The molecule has 72 valence electrons. The lowest BCUT2D eigenvalue weighted by atomic mass is 10.2. The van der Waals surface area contributed by atoms with Crippen LogP contribution in [0.4, 0.5) is 5.69 Å². The molecule has 0 fully saturated rings. The van der Waals surface area contributed by atoms with Crippen LogP contribution in [0.15, 0.2) is 27.4 Å². The fourth-order valence-corrected chi connectivity index (χ4v) is 1.76. The Morgan fingerprint density at radius 1 is 1.43 bits per heavy atom. The van der Waals surface area contributed by atoms with Gasteiger partial charge < -0.3 is 15.3 Å². The van der Waals surface area contributed by atoms with Crippen LogP contribution < -0.4 is 11.4 Å². The normalized spacial score (nSPS) is 10.6. The van der Waals surface area contributed by atoms with Crippen LogP contribution in [0, 0.1) is 3.57 Å². The number of phenolic OH excluding ortho intramolecular Hbond substituents is 1. The molecule has 14 heavy (non-hydrogen) atoms. The van der Waals surface area contributed by atoms with E-state index in [1.165, 1.54) is 18.2 Å². The van der Waals surface area contributed by atoms with Crippen LogP contribution in [0.25, 0.3) is 11.0 Å². The van der Waals surface area contributed by atoms with Gasteiger partial charge in [-0.25, -0.2) is 4.79 Å². The van der Waals surface area contributed by atoms with Gasteiger partial charge in [-0.15, -0.1) is 0 Å². The first-order valence-electron chi connectivity index (χ1n) is 3.80. The number of benzene rings is 1. The van der Waals surface area contributed by atoms with Gasteiger partial charge in [-0.1, -0.05) is 0 Å². The van der Waals surface area contributed by atoms with Gasteiger partial charge >= 0.3 is 5.63 Å². The molecule has 0 spiro atoms. The third kappa shape index (κ3) is 1.33. The number of nitrogen functional groups attached to an aromatic ring is 1. The van der Waals surface area contributed by atoms with Crippen LogP contribution in [0.1, 0.15) is 0 Å². The average Bonchev–Trinajstić information content (AvgIpc) is 2.15. The zero-order chi connectivity index (χ0) is 10.3. The van der Waals surface area contributed by atoms with E-state index in [4.69, 9.17) is 10.2 Å². The summed E-state index contributed by atoms with van der Waals surface area (Å²) in [5, 5.41) is 10.1. The van der Waals surface area contributed by atoms with Crippen molar-refractivity contribution in [2.75, 3.05) is 5.73 Å². The topological polar surface area (TPSA) is 76.5 Å². The summed E-state index contributed by atoms with van der Waals surface area (Å²) < 4.78 is 5.55. The molecule has 0 saturated carbocycles. The summed E-state index contributed by atoms with van der Waals surface area (Å²) in [6, 6.07) is 4.51. The first kappa shape index (κ1) is 9.32. The Morgan fingerprint density at radius 2 is 2.14 bits per heavy atom. The molecule has 0 atom stereocenters. The zero-order valence-electron chi connectivity index (χ0n) is 6.95. The highest BCUT2D eigenvalue weighted by atomic mass is 127. The van der Waals surface area contributed by atoms with Gasteiger partial charge in [0.25, 0.3) is 0 Å². The van der Waals surface area contributed by atoms with Crippen molar-refractivity contribution >= 4 is 39.2 Å². The lowest BCUT2D eigenvalue weighted by Gasteiger charge is -2.02. The molecule has 0 unspecified atom stereocenters. The molecule has 1 heterocycles. The highest BCUT2D eigenvalue weighted by molar-refractivity contribution is 14.1. The fraction of sp³-hybridized carbons (Fsp3) is 0. The second kappa shape index (κ2) is 3.16. The van der Waals surface area contributed by atoms with Crippen LogP contribution in [-0.2, 0) is 0 Å². The fourth-order valence-electron chi connectivity index (χ4n) is 1.16. The summed E-state index contributed by atoms with van der Waals surface area (Å²) in [7, 11) is 0. The van der Waals surface area contributed by atoms with Crippen LogP contribution in [0.5, 0.6) is 5.75 Å². The third-order valence-corrected chi connectivity index (χ3v) is 2.99. The van der Waals surface area contributed by atoms with E-state index in [2.05, 4.69) is 0 Å². The van der Waals surface area contributed by atoms with Crippen molar-refractivity contribution in [3.8, 4) is 5.75 Å². The molecule has 1 aromatic heterocycles. The molecule has 4 nitrogen and oxygen atoms in total. The SMILES string of the molecule is Nc1cc2c(I)c(O)ccc2oc1=O. The van der Waals surface area contributed by atoms with Gasteiger partial charge in [-0.05, 0) is 40.8 Å². The van der Waals surface area contributed by atoms with Gasteiger partial charge in [0.2, 0.25) is 0 Å². The number of anilines is 1. The maximum atomic E-state index is 11.1. The first-order valence-corrected chi connectivity index (χ1v) is 4.88. The van der Waals surface area contributed by atoms with E-state index in [0.717, 1.165) is 0 Å². The van der Waals surface area contributed by atoms with Gasteiger partial charge in [0.05, 0.1) is 3.57 Å². The Labute approximate surface area is 92.5 Å². The maximum absolute atomic E-state index is 11.1. The van der Waals surface area contributed by atoms with Crippen LogP contribution in [-0.4, -0.2) is 5.11 Å². The van der Waals surface area contributed by atoms with Crippen molar-refractivity contribution in [3.05, 3.63) is 32.2 Å². The van der Waals surface area contributed by atoms with Crippen LogP contribution >= 0.6 is 22.6 Å². The zero-order valence-corrected chi connectivity index (χ0v) is 9.11. The van der Waals surface area contributed by atoms with E-state index in [1.54, 1.807) is 0 Å². The van der Waals surface area contributed by atoms with E-state index in [1.807, 2.05) is 22.6 Å². The lowest BCUT2D eigenvalue weighted by molar-refractivity contribution is 0.471. The quantitative estimate of drug-likeness (QED) is 0.573. The smallest absolute Gasteiger partial charge is 0.359 e. The Kier molecular flexibility index (Phi) is 2.10. The van der Waals surface area contributed by atoms with Crippen molar-refractivity contribution < 1.29 is 9.52 Å². The van der Waals surface area contributed by atoms with E-state index >= 15 is 0 Å². The van der Waals surface area contributed by atoms with Crippen molar-refractivity contribution in [3.63, 3.8) is 0 Å². The van der Waals surface area contributed by atoms with Crippen LogP contribution in [0.2, 0.25) is 0 Å². The van der Waals surface area contributed by atoms with Crippen molar-refractivity contribution in [1.82, 2.24) is 0 Å². The molecule has 5 heteroatoms. The number of fused-ring (bicyclic) bond motifs is 1. The van der Waals surface area contributed by atoms with Gasteiger partial charge in [0, 0.05) is 5.39 Å². The van der Waals surface area contributed by atoms with Crippen molar-refractivity contribution in [2.45, 2.75) is 0 Å². The second-order valence-electron chi connectivity index (χ2n) is 2.80. The summed E-state index contributed by atoms with van der Waals surface area (Å²) in [6.07, 6.45) is 0. The van der Waals surface area contributed by atoms with E-state index in [0.29, 0.717) is 14.5 Å². The molecule has 0 aliphatic rings. The predicted molar refractivity (Wildman–Crippen MR) is 61.3 cm³/mol. The monoisotopic (exact) mass is 303 g/mol. The summed E-state index contributed by atoms with van der Waals surface area (Å²) in [5.74, 6) is 0.145. The standard InChI is InChI=1S/C9H6INO3/c10-8-4-3-5(11)9(13)14-7(4)2-1-6(8)12/h1-3,12H,11H2. The highest BCUT2D eigenvalue weighted by Crippen LogP contribution is 2.28. The Balaban J connectivity index is 2.97. The number of hydrogen-bond acceptors (Lipinski definition) is 4. The predicted octanol–water partition coefficient (Wildman–Crippen LogP) is 1.69. The molecule has 0 bridgehead atoms.